The summed E-state index contributed by atoms with van der Waals surface area (Å²) in [4.78, 5) is 2.32. The Morgan fingerprint density at radius 3 is 1.71 bits per heavy atom. The number of fused-ring (bicyclic) bond motifs is 9. The first-order valence-electron chi connectivity index (χ1n) is 17.5. The quantitative estimate of drug-likeness (QED) is 0.183. The van der Waals surface area contributed by atoms with Crippen molar-refractivity contribution in [2.24, 2.45) is 0 Å². The molecule has 3 aromatic heterocycles. The van der Waals surface area contributed by atoms with Gasteiger partial charge in [-0.1, -0.05) is 103 Å². The molecule has 0 unspecified atom stereocenters. The highest BCUT2D eigenvalue weighted by molar-refractivity contribution is 6.18. The predicted octanol–water partition coefficient (Wildman–Crippen LogP) is 14.2. The number of nitrogens with zero attached hydrogens (tertiary/aromatic N) is 1. The smallest absolute Gasteiger partial charge is 0.145 e. The number of para-hydroxylation sites is 2. The SMILES string of the molecule is c1ccc(-c2ccc3c(c2)oc2ccc(N(c4ccc5c(c4)oc4ccccc45)c4ccc(-c5ccccc5)c5oc6ccccc6c45)cc23)cc1. The Bertz CT molecular complexity index is 3130. The van der Waals surface area contributed by atoms with E-state index < -0.39 is 0 Å². The maximum absolute atomic E-state index is 6.71. The summed E-state index contributed by atoms with van der Waals surface area (Å²) >= 11 is 0. The van der Waals surface area contributed by atoms with Crippen molar-refractivity contribution in [1.82, 2.24) is 0 Å². The molecule has 0 spiro atoms. The lowest BCUT2D eigenvalue weighted by Crippen LogP contribution is -2.10. The standard InChI is InChI=1S/C48H29NO3/c1-3-11-30(12-4-1)32-19-22-38-40-28-33(21-26-44(40)51-45(38)27-32)49(34-20-23-37-36-15-7-9-17-42(36)50-46(37)29-34)41-25-24-35(31-13-5-2-6-14-31)48-47(41)39-16-8-10-18-43(39)52-48/h1-29H. The lowest BCUT2D eigenvalue weighted by molar-refractivity contribution is 0.668. The largest absolute Gasteiger partial charge is 0.456 e. The minimum Gasteiger partial charge on any atom is -0.456 e. The lowest BCUT2D eigenvalue weighted by Gasteiger charge is -2.26. The molecular formula is C48H29NO3. The Morgan fingerprint density at radius 1 is 0.327 bits per heavy atom. The van der Waals surface area contributed by atoms with Gasteiger partial charge in [0.1, 0.15) is 33.5 Å². The summed E-state index contributed by atoms with van der Waals surface area (Å²) < 4.78 is 19.6. The van der Waals surface area contributed by atoms with Crippen LogP contribution in [0.2, 0.25) is 0 Å². The van der Waals surface area contributed by atoms with E-state index in [9.17, 15) is 0 Å². The molecule has 0 N–H and O–H groups in total. The maximum atomic E-state index is 6.71. The zero-order valence-electron chi connectivity index (χ0n) is 27.9. The van der Waals surface area contributed by atoms with Crippen LogP contribution in [0.3, 0.4) is 0 Å². The molecule has 0 aliphatic heterocycles. The van der Waals surface area contributed by atoms with Gasteiger partial charge < -0.3 is 18.2 Å². The van der Waals surface area contributed by atoms with Crippen LogP contribution in [0.5, 0.6) is 0 Å². The van der Waals surface area contributed by atoms with Crippen molar-refractivity contribution in [3.8, 4) is 22.3 Å². The number of benzene rings is 8. The van der Waals surface area contributed by atoms with E-state index in [4.69, 9.17) is 13.3 Å². The van der Waals surface area contributed by atoms with Crippen LogP contribution in [0.15, 0.2) is 189 Å². The summed E-state index contributed by atoms with van der Waals surface area (Å²) in [6.07, 6.45) is 0. The zero-order chi connectivity index (χ0) is 34.2. The molecular weight excluding hydrogens is 639 g/mol. The number of rotatable bonds is 5. The third kappa shape index (κ3) is 4.41. The van der Waals surface area contributed by atoms with E-state index in [0.29, 0.717) is 0 Å². The lowest BCUT2D eigenvalue weighted by atomic mass is 9.99. The molecule has 8 aromatic carbocycles. The summed E-state index contributed by atoms with van der Waals surface area (Å²) in [5.74, 6) is 0. The molecule has 0 bridgehead atoms. The monoisotopic (exact) mass is 667 g/mol. The third-order valence-corrected chi connectivity index (χ3v) is 10.3. The van der Waals surface area contributed by atoms with E-state index in [0.717, 1.165) is 105 Å². The van der Waals surface area contributed by atoms with E-state index in [1.54, 1.807) is 0 Å². The van der Waals surface area contributed by atoms with Crippen molar-refractivity contribution in [3.63, 3.8) is 0 Å². The van der Waals surface area contributed by atoms with Crippen LogP contribution in [0.25, 0.3) is 88.1 Å². The second-order valence-corrected chi connectivity index (χ2v) is 13.3. The molecule has 4 heteroatoms. The Labute approximate surface area is 298 Å². The van der Waals surface area contributed by atoms with Gasteiger partial charge in [0.25, 0.3) is 0 Å². The highest BCUT2D eigenvalue weighted by Gasteiger charge is 2.24. The van der Waals surface area contributed by atoms with Gasteiger partial charge >= 0.3 is 0 Å². The first-order valence-corrected chi connectivity index (χ1v) is 17.5. The zero-order valence-corrected chi connectivity index (χ0v) is 27.9. The van der Waals surface area contributed by atoms with E-state index >= 15 is 0 Å². The molecule has 52 heavy (non-hydrogen) atoms. The molecule has 3 heterocycles. The van der Waals surface area contributed by atoms with Crippen LogP contribution in [0.4, 0.5) is 17.1 Å². The summed E-state index contributed by atoms with van der Waals surface area (Å²) in [6, 6.07) is 61.3. The summed E-state index contributed by atoms with van der Waals surface area (Å²) in [7, 11) is 0. The van der Waals surface area contributed by atoms with E-state index in [-0.39, 0.29) is 0 Å². The highest BCUT2D eigenvalue weighted by Crippen LogP contribution is 2.48. The average molecular weight is 668 g/mol. The van der Waals surface area contributed by atoms with Gasteiger partial charge in [-0.15, -0.1) is 0 Å². The number of hydrogen-bond donors (Lipinski definition) is 0. The molecule has 4 nitrogen and oxygen atoms in total. The molecule has 0 saturated heterocycles. The third-order valence-electron chi connectivity index (χ3n) is 10.3. The van der Waals surface area contributed by atoms with Gasteiger partial charge in [0.05, 0.1) is 11.1 Å². The molecule has 0 atom stereocenters. The number of anilines is 3. The normalized spacial score (nSPS) is 11.8. The molecule has 0 radical (unpaired) electrons. The van der Waals surface area contributed by atoms with E-state index in [2.05, 4.69) is 144 Å². The van der Waals surface area contributed by atoms with E-state index in [1.807, 2.05) is 36.4 Å². The first kappa shape index (κ1) is 28.8. The molecule has 0 aliphatic carbocycles. The van der Waals surface area contributed by atoms with Crippen molar-refractivity contribution in [2.75, 3.05) is 4.90 Å². The second-order valence-electron chi connectivity index (χ2n) is 13.3. The van der Waals surface area contributed by atoms with Gasteiger partial charge in [0.2, 0.25) is 0 Å². The van der Waals surface area contributed by atoms with Crippen LogP contribution < -0.4 is 4.90 Å². The Balaban J connectivity index is 1.17. The fourth-order valence-corrected chi connectivity index (χ4v) is 7.84. The molecule has 0 amide bonds. The molecule has 244 valence electrons. The van der Waals surface area contributed by atoms with Crippen molar-refractivity contribution in [2.45, 2.75) is 0 Å². The number of furan rings is 3. The first-order chi connectivity index (χ1) is 25.8. The predicted molar refractivity (Wildman–Crippen MR) is 214 cm³/mol. The van der Waals surface area contributed by atoms with Gasteiger partial charge in [-0.05, 0) is 83.4 Å². The molecule has 0 fully saturated rings. The van der Waals surface area contributed by atoms with Crippen LogP contribution in [-0.2, 0) is 0 Å². The van der Waals surface area contributed by atoms with Crippen LogP contribution in [0, 0.1) is 0 Å². The van der Waals surface area contributed by atoms with Crippen LogP contribution >= 0.6 is 0 Å². The number of hydrogen-bond acceptors (Lipinski definition) is 4. The van der Waals surface area contributed by atoms with Gasteiger partial charge in [0, 0.05) is 49.9 Å². The minimum atomic E-state index is 0.834. The molecule has 11 rings (SSSR count). The summed E-state index contributed by atoms with van der Waals surface area (Å²) in [5.41, 5.74) is 12.5. The van der Waals surface area contributed by atoms with Crippen LogP contribution in [0.1, 0.15) is 0 Å². The van der Waals surface area contributed by atoms with E-state index in [1.165, 1.54) is 0 Å². The van der Waals surface area contributed by atoms with Crippen molar-refractivity contribution in [3.05, 3.63) is 176 Å². The molecule has 11 aromatic rings. The summed E-state index contributed by atoms with van der Waals surface area (Å²) in [5, 5.41) is 6.42. The van der Waals surface area contributed by atoms with Crippen molar-refractivity contribution in [1.29, 1.82) is 0 Å². The van der Waals surface area contributed by atoms with Gasteiger partial charge in [-0.25, -0.2) is 0 Å². The van der Waals surface area contributed by atoms with Gasteiger partial charge in [-0.2, -0.15) is 0 Å². The maximum Gasteiger partial charge on any atom is 0.145 e. The van der Waals surface area contributed by atoms with Gasteiger partial charge in [-0.3, -0.25) is 0 Å². The molecule has 0 aliphatic rings. The molecule has 0 saturated carbocycles. The second kappa shape index (κ2) is 11.2. The Hall–Kier alpha value is -7.04. The van der Waals surface area contributed by atoms with Crippen LogP contribution in [-0.4, -0.2) is 0 Å². The average Bonchev–Trinajstić information content (AvgIpc) is 3.89. The topological polar surface area (TPSA) is 42.7 Å². The summed E-state index contributed by atoms with van der Waals surface area (Å²) in [6.45, 7) is 0. The fourth-order valence-electron chi connectivity index (χ4n) is 7.84. The Morgan fingerprint density at radius 2 is 0.904 bits per heavy atom. The van der Waals surface area contributed by atoms with Crippen molar-refractivity contribution < 1.29 is 13.3 Å². The highest BCUT2D eigenvalue weighted by atomic mass is 16.3. The minimum absolute atomic E-state index is 0.834. The van der Waals surface area contributed by atoms with Gasteiger partial charge in [0.15, 0.2) is 0 Å². The Kier molecular flexibility index (Phi) is 6.22. The van der Waals surface area contributed by atoms with Crippen molar-refractivity contribution >= 4 is 82.9 Å². The fraction of sp³-hybridized carbons (Fsp3) is 0.